The fraction of sp³-hybridized carbons (Fsp3) is 0.136. The van der Waals surface area contributed by atoms with Gasteiger partial charge in [-0.05, 0) is 54.4 Å². The van der Waals surface area contributed by atoms with Crippen LogP contribution < -0.4 is 10.1 Å². The van der Waals surface area contributed by atoms with Crippen LogP contribution in [0.3, 0.4) is 0 Å². The fourth-order valence-corrected chi connectivity index (χ4v) is 2.75. The van der Waals surface area contributed by atoms with Crippen molar-refractivity contribution < 1.29 is 9.53 Å². The molecule has 0 aliphatic heterocycles. The average Bonchev–Trinajstić information content (AvgIpc) is 2.67. The minimum atomic E-state index is -0.175. The maximum atomic E-state index is 12.4. The highest BCUT2D eigenvalue weighted by Crippen LogP contribution is 2.23. The Hall–Kier alpha value is -2.78. The van der Waals surface area contributed by atoms with Gasteiger partial charge in [0.1, 0.15) is 5.75 Å². The number of rotatable bonds is 6. The molecule has 0 unspecified atom stereocenters. The molecular weight excluding hydrogens is 346 g/mol. The molecule has 3 nitrogen and oxygen atoms in total. The number of halogens is 1. The molecule has 4 heteroatoms. The van der Waals surface area contributed by atoms with Crippen LogP contribution in [0.4, 0.5) is 5.69 Å². The first-order chi connectivity index (χ1) is 12.6. The zero-order chi connectivity index (χ0) is 18.4. The summed E-state index contributed by atoms with van der Waals surface area (Å²) in [4.78, 5) is 12.4. The summed E-state index contributed by atoms with van der Waals surface area (Å²) in [7, 11) is 0. The highest BCUT2D eigenvalue weighted by Gasteiger charge is 2.09. The van der Waals surface area contributed by atoms with Gasteiger partial charge < -0.3 is 10.1 Å². The molecule has 0 aromatic heterocycles. The maximum absolute atomic E-state index is 12.4. The van der Waals surface area contributed by atoms with Gasteiger partial charge in [0.15, 0.2) is 0 Å². The third kappa shape index (κ3) is 4.64. The molecule has 0 aliphatic carbocycles. The first-order valence-corrected chi connectivity index (χ1v) is 8.84. The molecule has 0 radical (unpaired) electrons. The van der Waals surface area contributed by atoms with Crippen molar-refractivity contribution in [3.8, 4) is 5.75 Å². The van der Waals surface area contributed by atoms with Crippen molar-refractivity contribution in [2.24, 2.45) is 0 Å². The van der Waals surface area contributed by atoms with Gasteiger partial charge in [0, 0.05) is 22.7 Å². The minimum absolute atomic E-state index is 0.175. The van der Waals surface area contributed by atoms with Crippen LogP contribution in [0.25, 0.3) is 0 Å². The maximum Gasteiger partial charge on any atom is 0.255 e. The molecule has 0 fully saturated rings. The van der Waals surface area contributed by atoms with Crippen LogP contribution in [0.5, 0.6) is 5.75 Å². The number of amides is 1. The summed E-state index contributed by atoms with van der Waals surface area (Å²) >= 11 is 6.09. The van der Waals surface area contributed by atoms with Gasteiger partial charge in [-0.1, -0.05) is 48.0 Å². The van der Waals surface area contributed by atoms with Gasteiger partial charge in [-0.15, -0.1) is 0 Å². The van der Waals surface area contributed by atoms with Crippen LogP contribution in [0, 0.1) is 6.92 Å². The second-order valence-corrected chi connectivity index (χ2v) is 6.38. The van der Waals surface area contributed by atoms with E-state index in [0.717, 1.165) is 17.7 Å². The Balaban J connectivity index is 1.56. The van der Waals surface area contributed by atoms with Gasteiger partial charge in [0.05, 0.1) is 6.61 Å². The normalized spacial score (nSPS) is 10.4. The van der Waals surface area contributed by atoms with E-state index in [1.54, 1.807) is 18.2 Å². The van der Waals surface area contributed by atoms with Crippen molar-refractivity contribution in [1.82, 2.24) is 0 Å². The van der Waals surface area contributed by atoms with E-state index < -0.39 is 0 Å². The summed E-state index contributed by atoms with van der Waals surface area (Å²) in [6.07, 6.45) is 0.844. The topological polar surface area (TPSA) is 38.3 Å². The smallest absolute Gasteiger partial charge is 0.255 e. The molecule has 0 spiro atoms. The highest BCUT2D eigenvalue weighted by molar-refractivity contribution is 6.31. The van der Waals surface area contributed by atoms with Crippen molar-refractivity contribution >= 4 is 23.2 Å². The lowest BCUT2D eigenvalue weighted by atomic mass is 10.1. The van der Waals surface area contributed by atoms with Crippen LogP contribution in [-0.4, -0.2) is 12.5 Å². The lowest BCUT2D eigenvalue weighted by Crippen LogP contribution is -2.12. The Bertz CT molecular complexity index is 876. The van der Waals surface area contributed by atoms with Crippen molar-refractivity contribution in [2.75, 3.05) is 11.9 Å². The van der Waals surface area contributed by atoms with Gasteiger partial charge in [0.25, 0.3) is 5.91 Å². The van der Waals surface area contributed by atoms with E-state index in [2.05, 4.69) is 17.4 Å². The predicted octanol–water partition coefficient (Wildman–Crippen LogP) is 5.52. The molecule has 1 N–H and O–H groups in total. The van der Waals surface area contributed by atoms with Gasteiger partial charge >= 0.3 is 0 Å². The number of carbonyl (C=O) groups excluding carboxylic acids is 1. The number of ether oxygens (including phenoxy) is 1. The molecule has 1 amide bonds. The molecule has 132 valence electrons. The number of nitrogens with one attached hydrogen (secondary N) is 1. The van der Waals surface area contributed by atoms with Crippen LogP contribution in [-0.2, 0) is 6.42 Å². The monoisotopic (exact) mass is 365 g/mol. The third-order valence-corrected chi connectivity index (χ3v) is 4.54. The Morgan fingerprint density at radius 3 is 2.42 bits per heavy atom. The van der Waals surface area contributed by atoms with E-state index in [-0.39, 0.29) is 5.91 Å². The molecule has 0 saturated heterocycles. The third-order valence-electron chi connectivity index (χ3n) is 4.13. The van der Waals surface area contributed by atoms with E-state index in [1.807, 2.05) is 49.4 Å². The summed E-state index contributed by atoms with van der Waals surface area (Å²) in [5, 5.41) is 3.52. The first kappa shape index (κ1) is 18.0. The van der Waals surface area contributed by atoms with E-state index in [4.69, 9.17) is 16.3 Å². The minimum Gasteiger partial charge on any atom is -0.493 e. The number of hydrogen-bond acceptors (Lipinski definition) is 2. The summed E-state index contributed by atoms with van der Waals surface area (Å²) in [6.45, 7) is 2.47. The quantitative estimate of drug-likeness (QED) is 0.624. The van der Waals surface area contributed by atoms with E-state index in [9.17, 15) is 4.79 Å². The number of hydrogen-bond donors (Lipinski definition) is 1. The SMILES string of the molecule is Cc1c(Cl)cccc1NC(=O)c1ccc(OCCc2ccccc2)cc1. The molecule has 26 heavy (non-hydrogen) atoms. The van der Waals surface area contributed by atoms with Crippen molar-refractivity contribution in [3.05, 3.63) is 94.5 Å². The fourth-order valence-electron chi connectivity index (χ4n) is 2.57. The van der Waals surface area contributed by atoms with Crippen LogP contribution in [0.2, 0.25) is 5.02 Å². The predicted molar refractivity (Wildman–Crippen MR) is 106 cm³/mol. The first-order valence-electron chi connectivity index (χ1n) is 8.47. The molecule has 0 heterocycles. The van der Waals surface area contributed by atoms with Gasteiger partial charge in [0.2, 0.25) is 0 Å². The molecular formula is C22H20ClNO2. The van der Waals surface area contributed by atoms with E-state index >= 15 is 0 Å². The summed E-state index contributed by atoms with van der Waals surface area (Å²) < 4.78 is 5.75. The Morgan fingerprint density at radius 2 is 1.69 bits per heavy atom. The zero-order valence-corrected chi connectivity index (χ0v) is 15.3. The molecule has 0 bridgehead atoms. The van der Waals surface area contributed by atoms with Crippen LogP contribution in [0.1, 0.15) is 21.5 Å². The summed E-state index contributed by atoms with van der Waals surface area (Å²) in [5.41, 5.74) is 3.37. The molecule has 0 aliphatic rings. The number of carbonyl (C=O) groups is 1. The van der Waals surface area contributed by atoms with Gasteiger partial charge in [-0.25, -0.2) is 0 Å². The Labute approximate surface area is 158 Å². The highest BCUT2D eigenvalue weighted by atomic mass is 35.5. The largest absolute Gasteiger partial charge is 0.493 e. The second-order valence-electron chi connectivity index (χ2n) is 5.97. The Kier molecular flexibility index (Phi) is 5.92. The molecule has 0 saturated carbocycles. The van der Waals surface area contributed by atoms with Crippen molar-refractivity contribution in [1.29, 1.82) is 0 Å². The number of benzene rings is 3. The van der Waals surface area contributed by atoms with E-state index in [1.165, 1.54) is 5.56 Å². The van der Waals surface area contributed by atoms with Crippen molar-refractivity contribution in [3.63, 3.8) is 0 Å². The van der Waals surface area contributed by atoms with Crippen molar-refractivity contribution in [2.45, 2.75) is 13.3 Å². The standard InChI is InChI=1S/C22H20ClNO2/c1-16-20(23)8-5-9-21(16)24-22(25)18-10-12-19(13-11-18)26-15-14-17-6-3-2-4-7-17/h2-13H,14-15H2,1H3,(H,24,25). The Morgan fingerprint density at radius 1 is 0.962 bits per heavy atom. The lowest BCUT2D eigenvalue weighted by molar-refractivity contribution is 0.102. The summed E-state index contributed by atoms with van der Waals surface area (Å²) in [5.74, 6) is 0.572. The van der Waals surface area contributed by atoms with Crippen LogP contribution in [0.15, 0.2) is 72.8 Å². The van der Waals surface area contributed by atoms with E-state index in [0.29, 0.717) is 22.9 Å². The van der Waals surface area contributed by atoms with Crippen LogP contribution >= 0.6 is 11.6 Å². The molecule has 3 aromatic carbocycles. The molecule has 0 atom stereocenters. The average molecular weight is 366 g/mol. The van der Waals surface area contributed by atoms with Gasteiger partial charge in [-0.3, -0.25) is 4.79 Å². The lowest BCUT2D eigenvalue weighted by Gasteiger charge is -2.10. The molecule has 3 aromatic rings. The summed E-state index contributed by atoms with van der Waals surface area (Å²) in [6, 6.07) is 22.8. The van der Waals surface area contributed by atoms with Gasteiger partial charge in [-0.2, -0.15) is 0 Å². The second kappa shape index (κ2) is 8.54. The molecule has 3 rings (SSSR count). The number of anilines is 1. The zero-order valence-electron chi connectivity index (χ0n) is 14.5.